The van der Waals surface area contributed by atoms with E-state index in [1.54, 1.807) is 31.3 Å². The monoisotopic (exact) mass is 508 g/mol. The summed E-state index contributed by atoms with van der Waals surface area (Å²) in [7, 11) is 3.81. The van der Waals surface area contributed by atoms with Crippen LogP contribution in [0.1, 0.15) is 29.6 Å². The van der Waals surface area contributed by atoms with Gasteiger partial charge >= 0.3 is 0 Å². The Labute approximate surface area is 184 Å². The first kappa shape index (κ1) is 24.0. The van der Waals surface area contributed by atoms with Crippen molar-refractivity contribution in [1.29, 1.82) is 0 Å². The van der Waals surface area contributed by atoms with Crippen LogP contribution >= 0.6 is 35.6 Å². The summed E-state index contributed by atoms with van der Waals surface area (Å²) in [5, 5.41) is 6.61. The summed E-state index contributed by atoms with van der Waals surface area (Å²) in [5.74, 6) is 1.41. The smallest absolute Gasteiger partial charge is 0.252 e. The summed E-state index contributed by atoms with van der Waals surface area (Å²) in [5.41, 5.74) is 0.493. The molecule has 0 bridgehead atoms. The van der Waals surface area contributed by atoms with Crippen molar-refractivity contribution in [3.8, 4) is 0 Å². The molecule has 0 saturated carbocycles. The van der Waals surface area contributed by atoms with E-state index < -0.39 is 0 Å². The van der Waals surface area contributed by atoms with Crippen molar-refractivity contribution in [1.82, 2.24) is 15.5 Å². The highest BCUT2D eigenvalue weighted by molar-refractivity contribution is 14.0. The Bertz CT molecular complexity index is 609. The maximum absolute atomic E-state index is 12.1. The molecule has 1 aromatic carbocycles. The summed E-state index contributed by atoms with van der Waals surface area (Å²) < 4.78 is 5.41. The number of nitrogens with one attached hydrogen (secondary N) is 2. The SMILES string of the molecule is CN=C(NCCNC(=O)c1ccccc1Cl)N(C)CCC1CCOCC1.I. The molecule has 152 valence electrons. The fourth-order valence-corrected chi connectivity index (χ4v) is 3.21. The quantitative estimate of drug-likeness (QED) is 0.257. The van der Waals surface area contributed by atoms with E-state index in [0.717, 1.165) is 50.9 Å². The molecule has 2 rings (SSSR count). The molecule has 1 amide bonds. The van der Waals surface area contributed by atoms with Gasteiger partial charge in [-0.1, -0.05) is 23.7 Å². The second kappa shape index (κ2) is 13.2. The van der Waals surface area contributed by atoms with Crippen molar-refractivity contribution in [3.63, 3.8) is 0 Å². The van der Waals surface area contributed by atoms with Crippen LogP contribution in [0.4, 0.5) is 0 Å². The van der Waals surface area contributed by atoms with Gasteiger partial charge in [-0.2, -0.15) is 0 Å². The van der Waals surface area contributed by atoms with Gasteiger partial charge in [-0.05, 0) is 37.3 Å². The Morgan fingerprint density at radius 1 is 1.26 bits per heavy atom. The Kier molecular flexibility index (Phi) is 11.7. The van der Waals surface area contributed by atoms with Gasteiger partial charge in [0, 0.05) is 46.9 Å². The maximum atomic E-state index is 12.1. The van der Waals surface area contributed by atoms with Crippen molar-refractivity contribution >= 4 is 47.4 Å². The summed E-state index contributed by atoms with van der Waals surface area (Å²) in [6.07, 6.45) is 3.44. The number of ether oxygens (including phenoxy) is 1. The molecule has 2 N–H and O–H groups in total. The van der Waals surface area contributed by atoms with Crippen LogP contribution in [-0.2, 0) is 4.74 Å². The molecule has 1 heterocycles. The molecule has 27 heavy (non-hydrogen) atoms. The van der Waals surface area contributed by atoms with Crippen molar-refractivity contribution in [2.45, 2.75) is 19.3 Å². The molecule has 1 aliphatic heterocycles. The van der Waals surface area contributed by atoms with E-state index in [-0.39, 0.29) is 29.9 Å². The number of halogens is 2. The molecule has 1 aromatic rings. The molecule has 0 aliphatic carbocycles. The van der Waals surface area contributed by atoms with E-state index in [4.69, 9.17) is 16.3 Å². The average molecular weight is 509 g/mol. The molecule has 0 radical (unpaired) electrons. The number of hydrogen-bond acceptors (Lipinski definition) is 3. The van der Waals surface area contributed by atoms with Crippen LogP contribution in [0, 0.1) is 5.92 Å². The molecular formula is C19H30ClIN4O2. The minimum Gasteiger partial charge on any atom is -0.381 e. The Hall–Kier alpha value is -1.06. The first-order chi connectivity index (χ1) is 12.6. The van der Waals surface area contributed by atoms with Gasteiger partial charge < -0.3 is 20.3 Å². The second-order valence-corrected chi connectivity index (χ2v) is 6.88. The van der Waals surface area contributed by atoms with Crippen LogP contribution < -0.4 is 10.6 Å². The van der Waals surface area contributed by atoms with E-state index >= 15 is 0 Å². The third kappa shape index (κ3) is 8.23. The Morgan fingerprint density at radius 2 is 1.93 bits per heavy atom. The second-order valence-electron chi connectivity index (χ2n) is 6.48. The van der Waals surface area contributed by atoms with Gasteiger partial charge in [0.05, 0.1) is 10.6 Å². The third-order valence-corrected chi connectivity index (χ3v) is 4.93. The molecule has 0 unspecified atom stereocenters. The summed E-state index contributed by atoms with van der Waals surface area (Å²) in [6, 6.07) is 7.03. The molecule has 1 aliphatic rings. The lowest BCUT2D eigenvalue weighted by atomic mass is 9.96. The fraction of sp³-hybridized carbons (Fsp3) is 0.579. The normalized spacial score (nSPS) is 15.0. The van der Waals surface area contributed by atoms with Gasteiger partial charge in [0.15, 0.2) is 5.96 Å². The number of guanidine groups is 1. The third-order valence-electron chi connectivity index (χ3n) is 4.60. The number of rotatable bonds is 7. The van der Waals surface area contributed by atoms with Gasteiger partial charge in [-0.15, -0.1) is 24.0 Å². The predicted molar refractivity (Wildman–Crippen MR) is 121 cm³/mol. The minimum atomic E-state index is -0.166. The Morgan fingerprint density at radius 3 is 2.59 bits per heavy atom. The number of nitrogens with zero attached hydrogens (tertiary/aromatic N) is 2. The van der Waals surface area contributed by atoms with Crippen LogP contribution in [0.15, 0.2) is 29.3 Å². The van der Waals surface area contributed by atoms with Crippen molar-refractivity contribution in [2.24, 2.45) is 10.9 Å². The van der Waals surface area contributed by atoms with Crippen molar-refractivity contribution < 1.29 is 9.53 Å². The average Bonchev–Trinajstić information content (AvgIpc) is 2.67. The predicted octanol–water partition coefficient (Wildman–Crippen LogP) is 3.01. The number of benzene rings is 1. The largest absolute Gasteiger partial charge is 0.381 e. The Balaban J connectivity index is 0.00000364. The highest BCUT2D eigenvalue weighted by Gasteiger charge is 2.15. The van der Waals surface area contributed by atoms with Crippen LogP contribution in [0.2, 0.25) is 5.02 Å². The molecule has 0 spiro atoms. The number of aliphatic imine (C=N–C) groups is 1. The fourth-order valence-electron chi connectivity index (χ4n) is 2.99. The lowest BCUT2D eigenvalue weighted by Gasteiger charge is -2.26. The van der Waals surface area contributed by atoms with Crippen LogP contribution in [-0.4, -0.2) is 63.7 Å². The zero-order chi connectivity index (χ0) is 18.8. The van der Waals surface area contributed by atoms with E-state index in [1.165, 1.54) is 0 Å². The van der Waals surface area contributed by atoms with Crippen molar-refractivity contribution in [3.05, 3.63) is 34.9 Å². The number of carbonyl (C=O) groups excluding carboxylic acids is 1. The van der Waals surface area contributed by atoms with E-state index in [1.807, 2.05) is 7.05 Å². The number of carbonyl (C=O) groups is 1. The maximum Gasteiger partial charge on any atom is 0.252 e. The first-order valence-corrected chi connectivity index (χ1v) is 9.52. The molecule has 1 fully saturated rings. The zero-order valence-electron chi connectivity index (χ0n) is 16.0. The minimum absolute atomic E-state index is 0. The number of hydrogen-bond donors (Lipinski definition) is 2. The lowest BCUT2D eigenvalue weighted by molar-refractivity contribution is 0.0625. The first-order valence-electron chi connectivity index (χ1n) is 9.14. The van der Waals surface area contributed by atoms with Gasteiger partial charge in [0.1, 0.15) is 0 Å². The molecule has 0 atom stereocenters. The van der Waals surface area contributed by atoms with Crippen molar-refractivity contribution in [2.75, 3.05) is 46.9 Å². The van der Waals surface area contributed by atoms with Gasteiger partial charge in [-0.25, -0.2) is 0 Å². The molecule has 1 saturated heterocycles. The topological polar surface area (TPSA) is 66.0 Å². The van der Waals surface area contributed by atoms with Gasteiger partial charge in [0.2, 0.25) is 0 Å². The summed E-state index contributed by atoms with van der Waals surface area (Å²) >= 11 is 6.04. The van der Waals surface area contributed by atoms with Gasteiger partial charge in [-0.3, -0.25) is 9.79 Å². The van der Waals surface area contributed by atoms with E-state index in [2.05, 4.69) is 20.5 Å². The molecular weight excluding hydrogens is 479 g/mol. The van der Waals surface area contributed by atoms with Crippen LogP contribution in [0.25, 0.3) is 0 Å². The zero-order valence-corrected chi connectivity index (χ0v) is 19.1. The summed E-state index contributed by atoms with van der Waals surface area (Å²) in [4.78, 5) is 18.6. The van der Waals surface area contributed by atoms with Gasteiger partial charge in [0.25, 0.3) is 5.91 Å². The lowest BCUT2D eigenvalue weighted by Crippen LogP contribution is -2.43. The molecule has 6 nitrogen and oxygen atoms in total. The molecule has 8 heteroatoms. The highest BCUT2D eigenvalue weighted by Crippen LogP contribution is 2.18. The van der Waals surface area contributed by atoms with Crippen LogP contribution in [0.5, 0.6) is 0 Å². The molecule has 0 aromatic heterocycles. The summed E-state index contributed by atoms with van der Waals surface area (Å²) in [6.45, 7) is 3.82. The highest BCUT2D eigenvalue weighted by atomic mass is 127. The van der Waals surface area contributed by atoms with E-state index in [9.17, 15) is 4.79 Å². The van der Waals surface area contributed by atoms with Crippen LogP contribution in [0.3, 0.4) is 0 Å². The standard InChI is InChI=1S/C19H29ClN4O2.HI/c1-21-19(24(2)12-7-15-8-13-26-14-9-15)23-11-10-22-18(25)16-5-3-4-6-17(16)20;/h3-6,15H,7-14H2,1-2H3,(H,21,23)(H,22,25);1H. The number of amides is 1. The van der Waals surface area contributed by atoms with E-state index in [0.29, 0.717) is 23.7 Å².